The Labute approximate surface area is 114 Å². The number of hydrogen-bond donors (Lipinski definition) is 1. The second-order valence-electron chi connectivity index (χ2n) is 6.72. The van der Waals surface area contributed by atoms with Gasteiger partial charge in [0.2, 0.25) is 0 Å². The SMILES string of the molecule is CCC1(CC)CN(C2CCCCC2C)C(C)CN1. The lowest BCUT2D eigenvalue weighted by Gasteiger charge is -2.51. The van der Waals surface area contributed by atoms with Crippen molar-refractivity contribution < 1.29 is 0 Å². The van der Waals surface area contributed by atoms with Gasteiger partial charge in [0, 0.05) is 30.7 Å². The highest BCUT2D eigenvalue weighted by molar-refractivity contribution is 4.98. The molecule has 2 nitrogen and oxygen atoms in total. The van der Waals surface area contributed by atoms with Crippen LogP contribution in [-0.4, -0.2) is 35.6 Å². The Bertz CT molecular complexity index is 260. The van der Waals surface area contributed by atoms with Crippen molar-refractivity contribution in [3.8, 4) is 0 Å². The Morgan fingerprint density at radius 1 is 1.11 bits per heavy atom. The average Bonchev–Trinajstić information content (AvgIpc) is 2.41. The fraction of sp³-hybridized carbons (Fsp3) is 1.00. The van der Waals surface area contributed by atoms with Gasteiger partial charge in [-0.15, -0.1) is 0 Å². The monoisotopic (exact) mass is 252 g/mol. The molecular weight excluding hydrogens is 220 g/mol. The number of nitrogens with one attached hydrogen (secondary N) is 1. The molecule has 1 N–H and O–H groups in total. The zero-order valence-corrected chi connectivity index (χ0v) is 12.8. The molecule has 106 valence electrons. The molecule has 0 aromatic carbocycles. The number of nitrogens with zero attached hydrogens (tertiary/aromatic N) is 1. The predicted molar refractivity (Wildman–Crippen MR) is 78.9 cm³/mol. The Hall–Kier alpha value is -0.0800. The van der Waals surface area contributed by atoms with E-state index in [2.05, 4.69) is 37.9 Å². The van der Waals surface area contributed by atoms with Crippen LogP contribution in [0.5, 0.6) is 0 Å². The van der Waals surface area contributed by atoms with Crippen molar-refractivity contribution in [1.29, 1.82) is 0 Å². The molecule has 0 bridgehead atoms. The van der Waals surface area contributed by atoms with E-state index in [9.17, 15) is 0 Å². The van der Waals surface area contributed by atoms with Gasteiger partial charge in [-0.05, 0) is 38.5 Å². The van der Waals surface area contributed by atoms with Crippen LogP contribution < -0.4 is 5.32 Å². The Kier molecular flexibility index (Phi) is 4.71. The molecule has 1 aliphatic carbocycles. The maximum absolute atomic E-state index is 3.82. The maximum Gasteiger partial charge on any atom is 0.0304 e. The van der Waals surface area contributed by atoms with Crippen LogP contribution in [0, 0.1) is 5.92 Å². The second kappa shape index (κ2) is 5.92. The molecule has 2 rings (SSSR count). The molecular formula is C16H32N2. The molecule has 0 amide bonds. The maximum atomic E-state index is 3.82. The molecule has 1 saturated heterocycles. The highest BCUT2D eigenvalue weighted by Gasteiger charge is 2.39. The summed E-state index contributed by atoms with van der Waals surface area (Å²) in [6.45, 7) is 12.0. The van der Waals surface area contributed by atoms with E-state index in [0.29, 0.717) is 11.6 Å². The molecule has 2 fully saturated rings. The smallest absolute Gasteiger partial charge is 0.0304 e. The lowest BCUT2D eigenvalue weighted by atomic mass is 9.81. The van der Waals surface area contributed by atoms with Crippen molar-refractivity contribution in [2.45, 2.75) is 83.8 Å². The van der Waals surface area contributed by atoms with Crippen molar-refractivity contribution in [1.82, 2.24) is 10.2 Å². The van der Waals surface area contributed by atoms with Gasteiger partial charge in [0.1, 0.15) is 0 Å². The molecule has 0 aromatic heterocycles. The molecule has 2 aliphatic rings. The Morgan fingerprint density at radius 3 is 2.39 bits per heavy atom. The molecule has 0 aromatic rings. The molecule has 0 spiro atoms. The molecule has 3 unspecified atom stereocenters. The van der Waals surface area contributed by atoms with Crippen molar-refractivity contribution in [2.75, 3.05) is 13.1 Å². The van der Waals surface area contributed by atoms with Crippen LogP contribution in [-0.2, 0) is 0 Å². The number of rotatable bonds is 3. The summed E-state index contributed by atoms with van der Waals surface area (Å²) in [5.74, 6) is 0.894. The van der Waals surface area contributed by atoms with Gasteiger partial charge in [0.15, 0.2) is 0 Å². The topological polar surface area (TPSA) is 15.3 Å². The summed E-state index contributed by atoms with van der Waals surface area (Å²) >= 11 is 0. The lowest BCUT2D eigenvalue weighted by molar-refractivity contribution is 0.00981. The summed E-state index contributed by atoms with van der Waals surface area (Å²) in [5, 5.41) is 3.82. The van der Waals surface area contributed by atoms with E-state index in [1.807, 2.05) is 0 Å². The van der Waals surface area contributed by atoms with Gasteiger partial charge in [-0.2, -0.15) is 0 Å². The molecule has 1 aliphatic heterocycles. The third-order valence-electron chi connectivity index (χ3n) is 5.67. The van der Waals surface area contributed by atoms with Crippen molar-refractivity contribution >= 4 is 0 Å². The lowest BCUT2D eigenvalue weighted by Crippen LogP contribution is -2.66. The van der Waals surface area contributed by atoms with Crippen LogP contribution in [0.4, 0.5) is 0 Å². The summed E-state index contributed by atoms with van der Waals surface area (Å²) < 4.78 is 0. The first-order valence-electron chi connectivity index (χ1n) is 8.12. The van der Waals surface area contributed by atoms with E-state index in [0.717, 1.165) is 12.0 Å². The van der Waals surface area contributed by atoms with Gasteiger partial charge in [-0.25, -0.2) is 0 Å². The minimum atomic E-state index is 0.379. The van der Waals surface area contributed by atoms with Crippen LogP contribution in [0.25, 0.3) is 0 Å². The minimum Gasteiger partial charge on any atom is -0.308 e. The van der Waals surface area contributed by atoms with Gasteiger partial charge in [-0.1, -0.05) is 33.6 Å². The quantitative estimate of drug-likeness (QED) is 0.828. The Morgan fingerprint density at radius 2 is 1.78 bits per heavy atom. The van der Waals surface area contributed by atoms with Crippen molar-refractivity contribution in [3.63, 3.8) is 0 Å². The molecule has 18 heavy (non-hydrogen) atoms. The van der Waals surface area contributed by atoms with E-state index in [1.165, 1.54) is 51.6 Å². The van der Waals surface area contributed by atoms with Crippen molar-refractivity contribution in [3.05, 3.63) is 0 Å². The summed E-state index contributed by atoms with van der Waals surface area (Å²) in [7, 11) is 0. The van der Waals surface area contributed by atoms with E-state index in [4.69, 9.17) is 0 Å². The van der Waals surface area contributed by atoms with E-state index in [1.54, 1.807) is 0 Å². The molecule has 0 radical (unpaired) electrons. The van der Waals surface area contributed by atoms with Gasteiger partial charge in [-0.3, -0.25) is 4.90 Å². The predicted octanol–water partition coefficient (Wildman–Crippen LogP) is 3.42. The number of piperazine rings is 1. The van der Waals surface area contributed by atoms with E-state index < -0.39 is 0 Å². The van der Waals surface area contributed by atoms with Gasteiger partial charge < -0.3 is 5.32 Å². The van der Waals surface area contributed by atoms with Crippen LogP contribution in [0.15, 0.2) is 0 Å². The van der Waals surface area contributed by atoms with Crippen LogP contribution in [0.1, 0.15) is 66.2 Å². The zero-order chi connectivity index (χ0) is 13.2. The van der Waals surface area contributed by atoms with Crippen LogP contribution in [0.2, 0.25) is 0 Å². The highest BCUT2D eigenvalue weighted by Crippen LogP contribution is 2.33. The number of hydrogen-bond acceptors (Lipinski definition) is 2. The summed E-state index contributed by atoms with van der Waals surface area (Å²) in [6, 6.07) is 1.55. The molecule has 1 heterocycles. The second-order valence-corrected chi connectivity index (χ2v) is 6.72. The first kappa shape index (κ1) is 14.3. The third-order valence-corrected chi connectivity index (χ3v) is 5.67. The highest BCUT2D eigenvalue weighted by atomic mass is 15.3. The van der Waals surface area contributed by atoms with Gasteiger partial charge >= 0.3 is 0 Å². The largest absolute Gasteiger partial charge is 0.308 e. The normalized spacial score (nSPS) is 37.7. The summed E-state index contributed by atoms with van der Waals surface area (Å²) in [4.78, 5) is 2.84. The van der Waals surface area contributed by atoms with Gasteiger partial charge in [0.25, 0.3) is 0 Å². The first-order chi connectivity index (χ1) is 8.62. The minimum absolute atomic E-state index is 0.379. The van der Waals surface area contributed by atoms with Crippen molar-refractivity contribution in [2.24, 2.45) is 5.92 Å². The van der Waals surface area contributed by atoms with Crippen LogP contribution in [0.3, 0.4) is 0 Å². The fourth-order valence-corrected chi connectivity index (χ4v) is 4.00. The zero-order valence-electron chi connectivity index (χ0n) is 12.8. The van der Waals surface area contributed by atoms with Crippen LogP contribution >= 0.6 is 0 Å². The third kappa shape index (κ3) is 2.75. The first-order valence-corrected chi connectivity index (χ1v) is 8.12. The molecule has 1 saturated carbocycles. The average molecular weight is 252 g/mol. The van der Waals surface area contributed by atoms with Gasteiger partial charge in [0.05, 0.1) is 0 Å². The standard InChI is InChI=1S/C16H32N2/c1-5-16(6-2)12-18(14(4)11-17-16)15-10-8-7-9-13(15)3/h13-15,17H,5-12H2,1-4H3. The van der Waals surface area contributed by atoms with E-state index >= 15 is 0 Å². The summed E-state index contributed by atoms with van der Waals surface area (Å²) in [5.41, 5.74) is 0.379. The summed E-state index contributed by atoms with van der Waals surface area (Å²) in [6.07, 6.45) is 8.27. The fourth-order valence-electron chi connectivity index (χ4n) is 4.00. The molecule has 2 heteroatoms. The molecule has 3 atom stereocenters. The van der Waals surface area contributed by atoms with E-state index in [-0.39, 0.29) is 0 Å². The Balaban J connectivity index is 2.09.